The van der Waals surface area contributed by atoms with Crippen LogP contribution < -0.4 is 11.1 Å². The zero-order chi connectivity index (χ0) is 13.8. The van der Waals surface area contributed by atoms with Gasteiger partial charge in [-0.25, -0.2) is 9.97 Å². The summed E-state index contributed by atoms with van der Waals surface area (Å²) in [6.45, 7) is 5.11. The minimum Gasteiger partial charge on any atom is -0.383 e. The summed E-state index contributed by atoms with van der Waals surface area (Å²) < 4.78 is 0. The predicted molar refractivity (Wildman–Crippen MR) is 80.2 cm³/mol. The number of benzene rings is 1. The zero-order valence-corrected chi connectivity index (χ0v) is 11.8. The minimum atomic E-state index is 0.462. The van der Waals surface area contributed by atoms with Crippen LogP contribution in [-0.4, -0.2) is 16.5 Å². The first-order valence-corrected chi connectivity index (χ1v) is 6.56. The molecule has 2 rings (SSSR count). The third kappa shape index (κ3) is 3.35. The lowest BCUT2D eigenvalue weighted by Crippen LogP contribution is -2.11. The number of hydrogen-bond acceptors (Lipinski definition) is 4. The summed E-state index contributed by atoms with van der Waals surface area (Å²) in [5, 5.41) is 3.99. The highest BCUT2D eigenvalue weighted by Gasteiger charge is 2.11. The number of nitrogens with one attached hydrogen (secondary N) is 1. The number of halogens is 1. The molecule has 5 heteroatoms. The van der Waals surface area contributed by atoms with Crippen LogP contribution >= 0.6 is 11.6 Å². The van der Waals surface area contributed by atoms with E-state index in [-0.39, 0.29) is 0 Å². The lowest BCUT2D eigenvalue weighted by molar-refractivity contribution is 0.687. The van der Waals surface area contributed by atoms with Crippen LogP contribution in [0, 0.1) is 5.92 Å². The molecule has 0 aliphatic rings. The number of aromatic nitrogens is 2. The Bertz CT molecular complexity index is 552. The van der Waals surface area contributed by atoms with Gasteiger partial charge in [-0.05, 0) is 23.6 Å². The number of rotatable bonds is 4. The number of anilines is 2. The summed E-state index contributed by atoms with van der Waals surface area (Å²) in [7, 11) is 0. The molecule has 0 spiro atoms. The molecule has 1 aromatic carbocycles. The highest BCUT2D eigenvalue weighted by molar-refractivity contribution is 6.30. The fourth-order valence-electron chi connectivity index (χ4n) is 1.74. The van der Waals surface area contributed by atoms with E-state index in [1.807, 2.05) is 24.3 Å². The van der Waals surface area contributed by atoms with Crippen molar-refractivity contribution in [3.8, 4) is 11.1 Å². The van der Waals surface area contributed by atoms with Crippen molar-refractivity contribution >= 4 is 23.2 Å². The Morgan fingerprint density at radius 3 is 2.53 bits per heavy atom. The average Bonchev–Trinajstić information content (AvgIpc) is 2.38. The zero-order valence-electron chi connectivity index (χ0n) is 11.0. The van der Waals surface area contributed by atoms with Crippen molar-refractivity contribution in [1.82, 2.24) is 9.97 Å². The highest BCUT2D eigenvalue weighted by atomic mass is 35.5. The summed E-state index contributed by atoms with van der Waals surface area (Å²) in [4.78, 5) is 8.33. The van der Waals surface area contributed by atoms with Gasteiger partial charge < -0.3 is 11.1 Å². The van der Waals surface area contributed by atoms with E-state index in [0.717, 1.165) is 23.5 Å². The maximum Gasteiger partial charge on any atom is 0.139 e. The van der Waals surface area contributed by atoms with Gasteiger partial charge in [-0.15, -0.1) is 0 Å². The predicted octanol–water partition coefficient (Wildman–Crippen LogP) is 3.45. The maximum atomic E-state index is 5.97. The molecule has 19 heavy (non-hydrogen) atoms. The van der Waals surface area contributed by atoms with Gasteiger partial charge in [0.1, 0.15) is 18.0 Å². The van der Waals surface area contributed by atoms with Crippen molar-refractivity contribution in [2.45, 2.75) is 13.8 Å². The van der Waals surface area contributed by atoms with E-state index in [1.165, 1.54) is 6.33 Å². The molecule has 1 aromatic heterocycles. The molecule has 0 aliphatic heterocycles. The second-order valence-electron chi connectivity index (χ2n) is 4.76. The number of nitrogen functional groups attached to an aromatic ring is 1. The van der Waals surface area contributed by atoms with E-state index in [9.17, 15) is 0 Å². The molecule has 0 amide bonds. The van der Waals surface area contributed by atoms with E-state index in [0.29, 0.717) is 16.8 Å². The molecule has 0 unspecified atom stereocenters. The van der Waals surface area contributed by atoms with E-state index < -0.39 is 0 Å². The van der Waals surface area contributed by atoms with Gasteiger partial charge in [0.25, 0.3) is 0 Å². The summed E-state index contributed by atoms with van der Waals surface area (Å²) >= 11 is 5.90. The maximum absolute atomic E-state index is 5.97. The average molecular weight is 277 g/mol. The van der Waals surface area contributed by atoms with Crippen LogP contribution in [0.15, 0.2) is 30.6 Å². The quantitative estimate of drug-likeness (QED) is 0.898. The monoisotopic (exact) mass is 276 g/mol. The molecule has 2 aromatic rings. The number of nitrogens with two attached hydrogens (primary N) is 1. The second-order valence-corrected chi connectivity index (χ2v) is 5.20. The molecule has 0 aliphatic carbocycles. The second kappa shape index (κ2) is 5.89. The van der Waals surface area contributed by atoms with Crippen molar-refractivity contribution in [3.63, 3.8) is 0 Å². The summed E-state index contributed by atoms with van der Waals surface area (Å²) in [6, 6.07) is 7.49. The molecule has 0 radical (unpaired) electrons. The van der Waals surface area contributed by atoms with Crippen LogP contribution in [0.5, 0.6) is 0 Å². The molecule has 1 heterocycles. The fourth-order valence-corrected chi connectivity index (χ4v) is 1.86. The van der Waals surface area contributed by atoms with E-state index >= 15 is 0 Å². The van der Waals surface area contributed by atoms with Crippen molar-refractivity contribution in [3.05, 3.63) is 35.6 Å². The lowest BCUT2D eigenvalue weighted by atomic mass is 10.1. The molecule has 4 nitrogen and oxygen atoms in total. The Morgan fingerprint density at radius 2 is 1.89 bits per heavy atom. The Labute approximate surface area is 118 Å². The molecule has 0 saturated heterocycles. The number of nitrogens with zero attached hydrogens (tertiary/aromatic N) is 2. The normalized spacial score (nSPS) is 10.7. The van der Waals surface area contributed by atoms with Gasteiger partial charge in [0, 0.05) is 11.6 Å². The van der Waals surface area contributed by atoms with Crippen molar-refractivity contribution in [1.29, 1.82) is 0 Å². The SMILES string of the molecule is CC(C)CNc1ncnc(N)c1-c1ccc(Cl)cc1. The molecule has 0 saturated carbocycles. The van der Waals surface area contributed by atoms with Crippen LogP contribution in [0.3, 0.4) is 0 Å². The molecule has 0 atom stereocenters. The fraction of sp³-hybridized carbons (Fsp3) is 0.286. The Hall–Kier alpha value is -1.81. The standard InChI is InChI=1S/C14H17ClN4/c1-9(2)7-17-14-12(13(16)18-8-19-14)10-3-5-11(15)6-4-10/h3-6,8-9H,7H2,1-2H3,(H3,16,17,18,19). The van der Waals surface area contributed by atoms with Crippen molar-refractivity contribution in [2.24, 2.45) is 5.92 Å². The third-order valence-corrected chi connectivity index (χ3v) is 2.94. The van der Waals surface area contributed by atoms with Crippen LogP contribution in [0.1, 0.15) is 13.8 Å². The summed E-state index contributed by atoms with van der Waals surface area (Å²) in [5.41, 5.74) is 7.75. The van der Waals surface area contributed by atoms with Crippen LogP contribution in [-0.2, 0) is 0 Å². The van der Waals surface area contributed by atoms with Crippen LogP contribution in [0.4, 0.5) is 11.6 Å². The summed E-state index contributed by atoms with van der Waals surface area (Å²) in [5.74, 6) is 1.74. The van der Waals surface area contributed by atoms with Crippen molar-refractivity contribution < 1.29 is 0 Å². The van der Waals surface area contributed by atoms with Gasteiger partial charge in [0.15, 0.2) is 0 Å². The topological polar surface area (TPSA) is 63.8 Å². The van der Waals surface area contributed by atoms with E-state index in [2.05, 4.69) is 29.1 Å². The molecule has 3 N–H and O–H groups in total. The van der Waals surface area contributed by atoms with Gasteiger partial charge in [-0.2, -0.15) is 0 Å². The first-order valence-electron chi connectivity index (χ1n) is 6.18. The Balaban J connectivity index is 2.40. The molecular weight excluding hydrogens is 260 g/mol. The van der Waals surface area contributed by atoms with Gasteiger partial charge in [-0.3, -0.25) is 0 Å². The van der Waals surface area contributed by atoms with E-state index in [4.69, 9.17) is 17.3 Å². The van der Waals surface area contributed by atoms with Gasteiger partial charge in [-0.1, -0.05) is 37.6 Å². The number of hydrogen-bond donors (Lipinski definition) is 2. The minimum absolute atomic E-state index is 0.462. The first kappa shape index (κ1) is 13.6. The van der Waals surface area contributed by atoms with Crippen molar-refractivity contribution in [2.75, 3.05) is 17.6 Å². The first-order chi connectivity index (χ1) is 9.08. The largest absolute Gasteiger partial charge is 0.383 e. The molecular formula is C14H17ClN4. The Kier molecular flexibility index (Phi) is 4.22. The van der Waals surface area contributed by atoms with Gasteiger partial charge >= 0.3 is 0 Å². The molecule has 0 bridgehead atoms. The summed E-state index contributed by atoms with van der Waals surface area (Å²) in [6.07, 6.45) is 1.47. The van der Waals surface area contributed by atoms with E-state index in [1.54, 1.807) is 0 Å². The smallest absolute Gasteiger partial charge is 0.139 e. The third-order valence-electron chi connectivity index (χ3n) is 2.69. The van der Waals surface area contributed by atoms with Gasteiger partial charge in [0.05, 0.1) is 5.56 Å². The molecule has 100 valence electrons. The molecule has 0 fully saturated rings. The van der Waals surface area contributed by atoms with Crippen LogP contribution in [0.25, 0.3) is 11.1 Å². The van der Waals surface area contributed by atoms with Gasteiger partial charge in [0.2, 0.25) is 0 Å². The highest BCUT2D eigenvalue weighted by Crippen LogP contribution is 2.31. The lowest BCUT2D eigenvalue weighted by Gasteiger charge is -2.14. The Morgan fingerprint density at radius 1 is 1.21 bits per heavy atom. The van der Waals surface area contributed by atoms with Crippen LogP contribution in [0.2, 0.25) is 5.02 Å².